The SMILES string of the molecule is NC1C(c2cc(Cc3ccc(NCc4ccc(F)cc4)nc3)no2)=CC=CN1COP(=O)(O)O. The van der Waals surface area contributed by atoms with Crippen molar-refractivity contribution < 1.29 is 27.8 Å². The van der Waals surface area contributed by atoms with Crippen LogP contribution in [0.25, 0.3) is 5.57 Å². The zero-order chi connectivity index (χ0) is 24.1. The molecule has 0 radical (unpaired) electrons. The highest BCUT2D eigenvalue weighted by atomic mass is 31.2. The summed E-state index contributed by atoms with van der Waals surface area (Å²) in [6, 6.07) is 11.8. The van der Waals surface area contributed by atoms with Crippen LogP contribution in [-0.4, -0.2) is 37.7 Å². The van der Waals surface area contributed by atoms with Crippen LogP contribution in [0.4, 0.5) is 10.2 Å². The zero-order valence-electron chi connectivity index (χ0n) is 17.9. The van der Waals surface area contributed by atoms with Crippen molar-refractivity contribution in [3.63, 3.8) is 0 Å². The van der Waals surface area contributed by atoms with Gasteiger partial charge in [0.1, 0.15) is 24.5 Å². The molecular weight excluding hydrogens is 464 g/mol. The van der Waals surface area contributed by atoms with Crippen LogP contribution in [-0.2, 0) is 22.1 Å². The van der Waals surface area contributed by atoms with Gasteiger partial charge in [0, 0.05) is 37.0 Å². The van der Waals surface area contributed by atoms with E-state index in [1.807, 2.05) is 12.1 Å². The standard InChI is InChI=1S/C22H23FN5O5P/c23-17-6-3-15(4-7-17)12-25-21-8-5-16(13-26-21)10-18-11-20(33-27-18)19-2-1-9-28(22(19)24)14-32-34(29,30)31/h1-9,11,13,22H,10,12,14,24H2,(H,25,26)(H2,29,30,31). The van der Waals surface area contributed by atoms with Crippen LogP contribution in [0.5, 0.6) is 0 Å². The number of benzene rings is 1. The van der Waals surface area contributed by atoms with E-state index in [-0.39, 0.29) is 12.5 Å². The van der Waals surface area contributed by atoms with E-state index in [0.29, 0.717) is 35.8 Å². The first-order chi connectivity index (χ1) is 16.3. The van der Waals surface area contributed by atoms with Crippen molar-refractivity contribution in [3.8, 4) is 0 Å². The van der Waals surface area contributed by atoms with Crippen molar-refractivity contribution in [2.24, 2.45) is 5.73 Å². The fourth-order valence-corrected chi connectivity index (χ4v) is 3.57. The van der Waals surface area contributed by atoms with Gasteiger partial charge < -0.3 is 30.3 Å². The minimum atomic E-state index is -4.62. The van der Waals surface area contributed by atoms with Crippen LogP contribution in [0.1, 0.15) is 22.6 Å². The molecule has 3 heterocycles. The van der Waals surface area contributed by atoms with Gasteiger partial charge in [0.25, 0.3) is 0 Å². The Hall–Kier alpha value is -3.34. The first-order valence-corrected chi connectivity index (χ1v) is 11.8. The second-order valence-corrected chi connectivity index (χ2v) is 8.80. The molecule has 1 atom stereocenters. The van der Waals surface area contributed by atoms with E-state index in [0.717, 1.165) is 11.1 Å². The Kier molecular flexibility index (Phi) is 7.20. The van der Waals surface area contributed by atoms with Gasteiger partial charge >= 0.3 is 7.82 Å². The lowest BCUT2D eigenvalue weighted by Crippen LogP contribution is -2.41. The summed E-state index contributed by atoms with van der Waals surface area (Å²) in [5.41, 5.74) is 9.32. The number of phosphoric ester groups is 1. The van der Waals surface area contributed by atoms with E-state index in [1.54, 1.807) is 42.7 Å². The molecule has 2 aromatic heterocycles. The first-order valence-electron chi connectivity index (χ1n) is 10.3. The summed E-state index contributed by atoms with van der Waals surface area (Å²) in [5.74, 6) is 0.863. The van der Waals surface area contributed by atoms with Crippen molar-refractivity contribution >= 4 is 19.2 Å². The normalized spacial score (nSPS) is 15.9. The maximum Gasteiger partial charge on any atom is 0.471 e. The van der Waals surface area contributed by atoms with Gasteiger partial charge in [-0.25, -0.2) is 13.9 Å². The van der Waals surface area contributed by atoms with Gasteiger partial charge in [0.2, 0.25) is 0 Å². The first kappa shape index (κ1) is 23.8. The number of rotatable bonds is 9. The van der Waals surface area contributed by atoms with Crippen molar-refractivity contribution in [3.05, 3.63) is 95.4 Å². The Balaban J connectivity index is 1.34. The van der Waals surface area contributed by atoms with Gasteiger partial charge in [0.15, 0.2) is 5.76 Å². The third-order valence-corrected chi connectivity index (χ3v) is 5.50. The molecule has 0 fully saturated rings. The Morgan fingerprint density at radius 3 is 2.68 bits per heavy atom. The molecule has 1 aliphatic heterocycles. The molecule has 0 spiro atoms. The Morgan fingerprint density at radius 2 is 1.97 bits per heavy atom. The highest BCUT2D eigenvalue weighted by Gasteiger charge is 2.25. The molecule has 4 rings (SSSR count). The van der Waals surface area contributed by atoms with Crippen molar-refractivity contribution in [1.82, 2.24) is 15.0 Å². The average Bonchev–Trinajstić information content (AvgIpc) is 3.26. The third kappa shape index (κ3) is 6.37. The number of allylic oxidation sites excluding steroid dienone is 2. The van der Waals surface area contributed by atoms with Crippen LogP contribution in [0.15, 0.2) is 71.5 Å². The van der Waals surface area contributed by atoms with Gasteiger partial charge in [-0.2, -0.15) is 0 Å². The summed E-state index contributed by atoms with van der Waals surface area (Å²) in [6.45, 7) is 0.146. The maximum absolute atomic E-state index is 13.0. The lowest BCUT2D eigenvalue weighted by atomic mass is 10.1. The van der Waals surface area contributed by atoms with Crippen LogP contribution in [0.2, 0.25) is 0 Å². The Bertz CT molecular complexity index is 1220. The number of phosphoric acid groups is 1. The number of nitrogens with one attached hydrogen (secondary N) is 1. The van der Waals surface area contributed by atoms with E-state index in [1.165, 1.54) is 17.0 Å². The lowest BCUT2D eigenvalue weighted by molar-refractivity contribution is 0.110. The molecule has 34 heavy (non-hydrogen) atoms. The van der Waals surface area contributed by atoms with E-state index in [9.17, 15) is 8.96 Å². The van der Waals surface area contributed by atoms with Gasteiger partial charge in [-0.05, 0) is 35.4 Å². The van der Waals surface area contributed by atoms with Crippen LogP contribution < -0.4 is 11.1 Å². The highest BCUT2D eigenvalue weighted by Crippen LogP contribution is 2.36. The topological polar surface area (TPSA) is 147 Å². The predicted molar refractivity (Wildman–Crippen MR) is 122 cm³/mol. The second kappa shape index (κ2) is 10.3. The van der Waals surface area contributed by atoms with Crippen molar-refractivity contribution in [2.75, 3.05) is 12.0 Å². The molecule has 0 saturated heterocycles. The lowest BCUT2D eigenvalue weighted by Gasteiger charge is -2.30. The van der Waals surface area contributed by atoms with E-state index < -0.39 is 14.0 Å². The van der Waals surface area contributed by atoms with Gasteiger partial charge in [0.05, 0.1) is 5.69 Å². The summed E-state index contributed by atoms with van der Waals surface area (Å²) in [7, 11) is -4.62. The summed E-state index contributed by atoms with van der Waals surface area (Å²) in [5, 5.41) is 7.28. The summed E-state index contributed by atoms with van der Waals surface area (Å²) >= 11 is 0. The number of hydrogen-bond donors (Lipinski definition) is 4. The summed E-state index contributed by atoms with van der Waals surface area (Å²) in [6.07, 6.45) is 6.47. The van der Waals surface area contributed by atoms with Crippen molar-refractivity contribution in [1.29, 1.82) is 0 Å². The minimum Gasteiger partial charge on any atom is -0.366 e. The fraction of sp³-hybridized carbons (Fsp3) is 0.182. The number of aromatic nitrogens is 2. The van der Waals surface area contributed by atoms with Crippen molar-refractivity contribution in [2.45, 2.75) is 19.1 Å². The number of hydrogen-bond acceptors (Lipinski definition) is 8. The van der Waals surface area contributed by atoms with E-state index in [4.69, 9.17) is 20.0 Å². The number of nitrogens with zero attached hydrogens (tertiary/aromatic N) is 3. The summed E-state index contributed by atoms with van der Waals surface area (Å²) < 4.78 is 33.9. The quantitative estimate of drug-likeness (QED) is 0.332. The van der Waals surface area contributed by atoms with Gasteiger partial charge in [-0.3, -0.25) is 4.52 Å². The monoisotopic (exact) mass is 487 g/mol. The highest BCUT2D eigenvalue weighted by molar-refractivity contribution is 7.46. The molecule has 12 heteroatoms. The summed E-state index contributed by atoms with van der Waals surface area (Å²) in [4.78, 5) is 23.6. The van der Waals surface area contributed by atoms with Crippen LogP contribution in [0.3, 0.4) is 0 Å². The molecule has 5 N–H and O–H groups in total. The Labute approximate surface area is 194 Å². The molecular formula is C22H23FN5O5P. The van der Waals surface area contributed by atoms with E-state index >= 15 is 0 Å². The molecule has 1 unspecified atom stereocenters. The minimum absolute atomic E-state index is 0.272. The third-order valence-electron chi connectivity index (χ3n) is 5.04. The number of pyridine rings is 1. The molecule has 0 bridgehead atoms. The number of halogens is 1. The average molecular weight is 487 g/mol. The molecule has 1 aliphatic rings. The second-order valence-electron chi connectivity index (χ2n) is 7.56. The van der Waals surface area contributed by atoms with E-state index in [2.05, 4.69) is 20.0 Å². The molecule has 3 aromatic rings. The Morgan fingerprint density at radius 1 is 1.21 bits per heavy atom. The number of nitrogens with two attached hydrogens (primary N) is 1. The maximum atomic E-state index is 13.0. The molecule has 10 nitrogen and oxygen atoms in total. The molecule has 0 amide bonds. The molecule has 0 aliphatic carbocycles. The zero-order valence-corrected chi connectivity index (χ0v) is 18.8. The molecule has 1 aromatic carbocycles. The van der Waals surface area contributed by atoms with Crippen LogP contribution >= 0.6 is 7.82 Å². The predicted octanol–water partition coefficient (Wildman–Crippen LogP) is 2.98. The van der Waals surface area contributed by atoms with Crippen LogP contribution in [0, 0.1) is 5.82 Å². The fourth-order valence-electron chi connectivity index (χ4n) is 3.29. The van der Waals surface area contributed by atoms with Gasteiger partial charge in [-0.15, -0.1) is 0 Å². The van der Waals surface area contributed by atoms with Gasteiger partial charge in [-0.1, -0.05) is 29.4 Å². The molecule has 178 valence electrons. The largest absolute Gasteiger partial charge is 0.471 e. The number of anilines is 1. The molecule has 0 saturated carbocycles. The smallest absolute Gasteiger partial charge is 0.366 e.